The van der Waals surface area contributed by atoms with Gasteiger partial charge in [-0.05, 0) is 19.1 Å². The zero-order valence-corrected chi connectivity index (χ0v) is 11.0. The summed E-state index contributed by atoms with van der Waals surface area (Å²) in [5.41, 5.74) is 1.65. The highest BCUT2D eigenvalue weighted by molar-refractivity contribution is 9.10. The maximum Gasteiger partial charge on any atom is 0.354 e. The number of aryl methyl sites for hydroxylation is 1. The van der Waals surface area contributed by atoms with Crippen molar-refractivity contribution in [3.63, 3.8) is 0 Å². The van der Waals surface area contributed by atoms with Gasteiger partial charge in [-0.1, -0.05) is 28.1 Å². The second kappa shape index (κ2) is 4.33. The number of imidazole rings is 1. The van der Waals surface area contributed by atoms with Gasteiger partial charge < -0.3 is 9.67 Å². The second-order valence-electron chi connectivity index (χ2n) is 3.74. The van der Waals surface area contributed by atoms with E-state index in [0.717, 1.165) is 10.0 Å². The summed E-state index contributed by atoms with van der Waals surface area (Å²) in [6.07, 6.45) is 0. The first-order chi connectivity index (χ1) is 8.00. The lowest BCUT2D eigenvalue weighted by atomic mass is 10.2. The first kappa shape index (κ1) is 11.9. The molecule has 0 atom stereocenters. The number of carboxylic acid groups (broad SMARTS) is 1. The zero-order chi connectivity index (χ0) is 12.6. The fourth-order valence-electron chi connectivity index (χ4n) is 1.79. The van der Waals surface area contributed by atoms with E-state index in [-0.39, 0.29) is 5.69 Å². The zero-order valence-electron chi connectivity index (χ0n) is 9.44. The van der Waals surface area contributed by atoms with Crippen LogP contribution in [-0.4, -0.2) is 20.6 Å². The van der Waals surface area contributed by atoms with Crippen LogP contribution in [0.2, 0.25) is 0 Å². The molecule has 1 aromatic heterocycles. The van der Waals surface area contributed by atoms with Crippen LogP contribution in [0.1, 0.15) is 16.2 Å². The van der Waals surface area contributed by atoms with E-state index < -0.39 is 5.97 Å². The van der Waals surface area contributed by atoms with E-state index in [1.165, 1.54) is 0 Å². The van der Waals surface area contributed by atoms with Gasteiger partial charge in [0, 0.05) is 17.1 Å². The molecule has 5 heteroatoms. The Morgan fingerprint density at radius 2 is 1.94 bits per heavy atom. The molecule has 0 saturated carbocycles. The number of aromatic carboxylic acids is 1. The predicted octanol–water partition coefficient (Wildman–Crippen LogP) is 2.86. The maximum atomic E-state index is 11.1. The fraction of sp³-hybridized carbons (Fsp3) is 0.167. The minimum atomic E-state index is -0.958. The fourth-order valence-corrected chi connectivity index (χ4v) is 2.06. The van der Waals surface area contributed by atoms with E-state index >= 15 is 0 Å². The van der Waals surface area contributed by atoms with Crippen LogP contribution < -0.4 is 0 Å². The van der Waals surface area contributed by atoms with E-state index in [2.05, 4.69) is 20.9 Å². The molecule has 0 radical (unpaired) electrons. The molecule has 1 heterocycles. The molecule has 0 amide bonds. The Bertz CT molecular complexity index is 573. The van der Waals surface area contributed by atoms with Crippen LogP contribution in [0.25, 0.3) is 11.4 Å². The van der Waals surface area contributed by atoms with Crippen LogP contribution in [-0.2, 0) is 7.05 Å². The lowest BCUT2D eigenvalue weighted by Crippen LogP contribution is -2.06. The van der Waals surface area contributed by atoms with Crippen molar-refractivity contribution in [1.29, 1.82) is 0 Å². The van der Waals surface area contributed by atoms with Crippen LogP contribution in [0.3, 0.4) is 0 Å². The largest absolute Gasteiger partial charge is 0.477 e. The molecule has 1 aromatic carbocycles. The quantitative estimate of drug-likeness (QED) is 0.927. The molecule has 2 aromatic rings. The number of carboxylic acids is 1. The van der Waals surface area contributed by atoms with Gasteiger partial charge in [-0.25, -0.2) is 9.78 Å². The molecule has 0 bridgehead atoms. The normalized spacial score (nSPS) is 10.5. The Hall–Kier alpha value is -1.62. The van der Waals surface area contributed by atoms with Gasteiger partial charge >= 0.3 is 5.97 Å². The van der Waals surface area contributed by atoms with E-state index in [9.17, 15) is 4.79 Å². The summed E-state index contributed by atoms with van der Waals surface area (Å²) in [5.74, 6) is -0.298. The van der Waals surface area contributed by atoms with E-state index in [4.69, 9.17) is 5.11 Å². The Labute approximate surface area is 107 Å². The number of hydrogen-bond acceptors (Lipinski definition) is 2. The molecule has 2 rings (SSSR count). The average Bonchev–Trinajstić information content (AvgIpc) is 2.55. The number of aromatic nitrogens is 2. The van der Waals surface area contributed by atoms with Crippen LogP contribution in [0.4, 0.5) is 0 Å². The standard InChI is InChI=1S/C12H11BrN2O2/c1-7-10(12(16)17)15(2)11(14-7)8-3-5-9(13)6-4-8/h3-6H,1-2H3,(H,16,17). The molecular weight excluding hydrogens is 284 g/mol. The summed E-state index contributed by atoms with van der Waals surface area (Å²) in [5, 5.41) is 9.08. The first-order valence-electron chi connectivity index (χ1n) is 5.03. The maximum absolute atomic E-state index is 11.1. The molecule has 0 saturated heterocycles. The summed E-state index contributed by atoms with van der Waals surface area (Å²) >= 11 is 3.36. The molecule has 0 spiro atoms. The third-order valence-electron chi connectivity index (χ3n) is 2.57. The van der Waals surface area contributed by atoms with Gasteiger partial charge in [0.2, 0.25) is 0 Å². The lowest BCUT2D eigenvalue weighted by Gasteiger charge is -2.03. The number of halogens is 1. The van der Waals surface area contributed by atoms with Gasteiger partial charge in [0.1, 0.15) is 11.5 Å². The van der Waals surface area contributed by atoms with Crippen molar-refractivity contribution in [3.05, 3.63) is 40.1 Å². The molecule has 1 N–H and O–H groups in total. The minimum Gasteiger partial charge on any atom is -0.477 e. The average molecular weight is 295 g/mol. The molecule has 0 aliphatic heterocycles. The Morgan fingerprint density at radius 3 is 2.41 bits per heavy atom. The monoisotopic (exact) mass is 294 g/mol. The van der Waals surface area contributed by atoms with Crippen molar-refractivity contribution in [1.82, 2.24) is 9.55 Å². The number of benzene rings is 1. The van der Waals surface area contributed by atoms with Gasteiger partial charge in [0.15, 0.2) is 0 Å². The van der Waals surface area contributed by atoms with Gasteiger partial charge in [-0.15, -0.1) is 0 Å². The van der Waals surface area contributed by atoms with Gasteiger partial charge in [0.25, 0.3) is 0 Å². The van der Waals surface area contributed by atoms with Gasteiger partial charge in [-0.3, -0.25) is 0 Å². The van der Waals surface area contributed by atoms with Crippen molar-refractivity contribution >= 4 is 21.9 Å². The van der Waals surface area contributed by atoms with Crippen LogP contribution in [0.15, 0.2) is 28.7 Å². The van der Waals surface area contributed by atoms with E-state index in [0.29, 0.717) is 11.5 Å². The molecule has 0 fully saturated rings. The first-order valence-corrected chi connectivity index (χ1v) is 5.82. The smallest absolute Gasteiger partial charge is 0.354 e. The second-order valence-corrected chi connectivity index (χ2v) is 4.66. The van der Waals surface area contributed by atoms with Gasteiger partial charge in [-0.2, -0.15) is 0 Å². The van der Waals surface area contributed by atoms with E-state index in [1.807, 2.05) is 24.3 Å². The number of hydrogen-bond donors (Lipinski definition) is 1. The molecule has 0 unspecified atom stereocenters. The van der Waals surface area contributed by atoms with Crippen LogP contribution in [0, 0.1) is 6.92 Å². The van der Waals surface area contributed by atoms with E-state index in [1.54, 1.807) is 18.5 Å². The Balaban J connectivity index is 2.57. The SMILES string of the molecule is Cc1nc(-c2ccc(Br)cc2)n(C)c1C(=O)O. The number of nitrogens with zero attached hydrogens (tertiary/aromatic N) is 2. The predicted molar refractivity (Wildman–Crippen MR) is 68.0 cm³/mol. The molecule has 88 valence electrons. The summed E-state index contributed by atoms with van der Waals surface area (Å²) in [4.78, 5) is 15.4. The Kier molecular flexibility index (Phi) is 3.02. The van der Waals surface area contributed by atoms with Crippen molar-refractivity contribution in [2.75, 3.05) is 0 Å². The Morgan fingerprint density at radius 1 is 1.35 bits per heavy atom. The third-order valence-corrected chi connectivity index (χ3v) is 3.10. The third kappa shape index (κ3) is 2.10. The summed E-state index contributed by atoms with van der Waals surface area (Å²) in [7, 11) is 1.71. The van der Waals surface area contributed by atoms with Crippen LogP contribution >= 0.6 is 15.9 Å². The molecule has 17 heavy (non-hydrogen) atoms. The summed E-state index contributed by atoms with van der Waals surface area (Å²) < 4.78 is 2.58. The van der Waals surface area contributed by atoms with Crippen molar-refractivity contribution in [2.45, 2.75) is 6.92 Å². The number of carbonyl (C=O) groups is 1. The topological polar surface area (TPSA) is 55.1 Å². The van der Waals surface area contributed by atoms with Crippen LogP contribution in [0.5, 0.6) is 0 Å². The minimum absolute atomic E-state index is 0.225. The summed E-state index contributed by atoms with van der Waals surface area (Å²) in [6.45, 7) is 1.70. The molecular formula is C12H11BrN2O2. The highest BCUT2D eigenvalue weighted by Crippen LogP contribution is 2.23. The molecule has 0 aliphatic carbocycles. The number of rotatable bonds is 2. The highest BCUT2D eigenvalue weighted by Gasteiger charge is 2.18. The highest BCUT2D eigenvalue weighted by atomic mass is 79.9. The van der Waals surface area contributed by atoms with Crippen molar-refractivity contribution in [2.24, 2.45) is 7.05 Å². The molecule has 0 aliphatic rings. The lowest BCUT2D eigenvalue weighted by molar-refractivity contribution is 0.0686. The van der Waals surface area contributed by atoms with Crippen molar-refractivity contribution in [3.8, 4) is 11.4 Å². The van der Waals surface area contributed by atoms with Crippen molar-refractivity contribution < 1.29 is 9.90 Å². The summed E-state index contributed by atoms with van der Waals surface area (Å²) in [6, 6.07) is 7.61. The molecule has 4 nitrogen and oxygen atoms in total. The van der Waals surface area contributed by atoms with Gasteiger partial charge in [0.05, 0.1) is 5.69 Å².